The molecule has 0 radical (unpaired) electrons. The maximum Gasteiger partial charge on any atom is 0.269 e. The van der Waals surface area contributed by atoms with E-state index in [0.717, 1.165) is 30.0 Å². The molecule has 0 heterocycles. The van der Waals surface area contributed by atoms with E-state index in [1.807, 2.05) is 30.3 Å². The van der Waals surface area contributed by atoms with Gasteiger partial charge in [-0.25, -0.2) is 13.1 Å². The van der Waals surface area contributed by atoms with Gasteiger partial charge in [0.25, 0.3) is 5.69 Å². The predicted octanol–water partition coefficient (Wildman–Crippen LogP) is 1.85. The summed E-state index contributed by atoms with van der Waals surface area (Å²) in [6, 6.07) is 13.8. The van der Waals surface area contributed by atoms with Crippen molar-refractivity contribution in [3.8, 4) is 5.75 Å². The van der Waals surface area contributed by atoms with Crippen molar-refractivity contribution in [2.75, 3.05) is 19.7 Å². The Hall–Kier alpha value is -2.98. The molecule has 0 unspecified atom stereocenters. The van der Waals surface area contributed by atoms with E-state index in [9.17, 15) is 23.3 Å². The third kappa shape index (κ3) is 6.97. The zero-order valence-corrected chi connectivity index (χ0v) is 15.9. The summed E-state index contributed by atoms with van der Waals surface area (Å²) in [5.74, 6) is 0.537. The van der Waals surface area contributed by atoms with Crippen LogP contribution in [0, 0.1) is 10.1 Å². The van der Waals surface area contributed by atoms with Crippen LogP contribution in [0.15, 0.2) is 59.5 Å². The molecule has 1 amide bonds. The molecule has 2 aromatic carbocycles. The van der Waals surface area contributed by atoms with E-state index < -0.39 is 14.9 Å². The summed E-state index contributed by atoms with van der Waals surface area (Å²) in [4.78, 5) is 21.7. The van der Waals surface area contributed by atoms with Crippen LogP contribution in [-0.4, -0.2) is 38.9 Å². The van der Waals surface area contributed by atoms with Crippen LogP contribution in [0.3, 0.4) is 0 Å². The third-order valence-electron chi connectivity index (χ3n) is 3.66. The highest BCUT2D eigenvalue weighted by Gasteiger charge is 2.15. The Kier molecular flexibility index (Phi) is 7.90. The number of amides is 1. The van der Waals surface area contributed by atoms with Gasteiger partial charge < -0.3 is 10.1 Å². The second-order valence-corrected chi connectivity index (χ2v) is 7.53. The van der Waals surface area contributed by atoms with Crippen molar-refractivity contribution >= 4 is 21.6 Å². The number of rotatable bonds is 11. The van der Waals surface area contributed by atoms with Crippen LogP contribution in [0.2, 0.25) is 0 Å². The molecule has 0 aliphatic heterocycles. The van der Waals surface area contributed by atoms with E-state index in [-0.39, 0.29) is 36.0 Å². The Morgan fingerprint density at radius 3 is 2.36 bits per heavy atom. The molecule has 0 saturated heterocycles. The van der Waals surface area contributed by atoms with E-state index >= 15 is 0 Å². The highest BCUT2D eigenvalue weighted by Crippen LogP contribution is 2.15. The fourth-order valence-corrected chi connectivity index (χ4v) is 3.28. The second kappa shape index (κ2) is 10.4. The summed E-state index contributed by atoms with van der Waals surface area (Å²) in [6.07, 6.45) is 0.803. The molecule has 10 heteroatoms. The van der Waals surface area contributed by atoms with E-state index in [1.54, 1.807) is 0 Å². The number of nitro groups is 1. The van der Waals surface area contributed by atoms with Crippen molar-refractivity contribution in [2.24, 2.45) is 0 Å². The van der Waals surface area contributed by atoms with Gasteiger partial charge in [-0.1, -0.05) is 18.2 Å². The smallest absolute Gasteiger partial charge is 0.269 e. The van der Waals surface area contributed by atoms with Gasteiger partial charge in [0.15, 0.2) is 0 Å². The number of para-hydroxylation sites is 1. The fourth-order valence-electron chi connectivity index (χ4n) is 2.25. The third-order valence-corrected chi connectivity index (χ3v) is 5.13. The Bertz CT molecular complexity index is 885. The topological polar surface area (TPSA) is 128 Å². The fraction of sp³-hybridized carbons (Fsp3) is 0.278. The molecule has 2 rings (SSSR count). The zero-order chi connectivity index (χ0) is 20.4. The molecule has 0 aromatic heterocycles. The number of nitro benzene ring substituents is 1. The Morgan fingerprint density at radius 1 is 1.04 bits per heavy atom. The van der Waals surface area contributed by atoms with Crippen LogP contribution < -0.4 is 14.8 Å². The number of sulfonamides is 1. The number of non-ortho nitro benzene ring substituents is 1. The lowest BCUT2D eigenvalue weighted by atomic mass is 10.3. The predicted molar refractivity (Wildman–Crippen MR) is 102 cm³/mol. The van der Waals surface area contributed by atoms with Gasteiger partial charge in [0, 0.05) is 31.6 Å². The van der Waals surface area contributed by atoms with E-state index in [2.05, 4.69) is 10.0 Å². The first kappa shape index (κ1) is 21.3. The average molecular weight is 407 g/mol. The minimum absolute atomic E-state index is 0.00553. The largest absolute Gasteiger partial charge is 0.494 e. The van der Waals surface area contributed by atoms with Crippen molar-refractivity contribution in [3.63, 3.8) is 0 Å². The molecule has 150 valence electrons. The first-order valence-electron chi connectivity index (χ1n) is 8.57. The van der Waals surface area contributed by atoms with Crippen molar-refractivity contribution in [3.05, 3.63) is 64.7 Å². The molecular formula is C18H21N3O6S. The molecule has 2 aromatic rings. The van der Waals surface area contributed by atoms with Gasteiger partial charge in [0.1, 0.15) is 5.75 Å². The highest BCUT2D eigenvalue weighted by molar-refractivity contribution is 7.89. The monoisotopic (exact) mass is 407 g/mol. The molecule has 28 heavy (non-hydrogen) atoms. The van der Waals surface area contributed by atoms with Gasteiger partial charge >= 0.3 is 0 Å². The first-order valence-corrected chi connectivity index (χ1v) is 10.1. The number of carbonyl (C=O) groups excluding carboxylic acids is 1. The number of hydrogen-bond acceptors (Lipinski definition) is 6. The Balaban J connectivity index is 1.64. The summed E-state index contributed by atoms with van der Waals surface area (Å²) in [5.41, 5.74) is -0.192. The minimum Gasteiger partial charge on any atom is -0.494 e. The standard InChI is InChI=1S/C18H21N3O6S/c22-18(7-4-14-27-16-5-2-1-3-6-16)19-12-13-20-28(25,26)17-10-8-15(9-11-17)21(23)24/h1-3,5-6,8-11,20H,4,7,12-14H2,(H,19,22). The van der Waals surface area contributed by atoms with Crippen LogP contribution >= 0.6 is 0 Å². The molecular weight excluding hydrogens is 386 g/mol. The van der Waals surface area contributed by atoms with Gasteiger partial charge in [-0.3, -0.25) is 14.9 Å². The quantitative estimate of drug-likeness (QED) is 0.332. The average Bonchev–Trinajstić information content (AvgIpc) is 2.69. The van der Waals surface area contributed by atoms with E-state index in [4.69, 9.17) is 4.74 Å². The molecule has 0 aliphatic rings. The molecule has 0 atom stereocenters. The lowest BCUT2D eigenvalue weighted by Crippen LogP contribution is -2.34. The van der Waals surface area contributed by atoms with E-state index in [0.29, 0.717) is 13.0 Å². The Labute approximate surface area is 162 Å². The zero-order valence-electron chi connectivity index (χ0n) is 15.0. The molecule has 0 bridgehead atoms. The molecule has 0 saturated carbocycles. The van der Waals surface area contributed by atoms with Gasteiger partial charge in [-0.05, 0) is 30.7 Å². The first-order chi connectivity index (χ1) is 13.4. The number of ether oxygens (including phenoxy) is 1. The summed E-state index contributed by atoms with van der Waals surface area (Å²) >= 11 is 0. The van der Waals surface area contributed by atoms with Crippen molar-refractivity contribution in [2.45, 2.75) is 17.7 Å². The summed E-state index contributed by atoms with van der Waals surface area (Å²) in [6.45, 7) is 0.542. The van der Waals surface area contributed by atoms with Gasteiger partial charge in [-0.15, -0.1) is 0 Å². The number of carbonyl (C=O) groups is 1. The van der Waals surface area contributed by atoms with Crippen LogP contribution in [0.4, 0.5) is 5.69 Å². The second-order valence-electron chi connectivity index (χ2n) is 5.76. The minimum atomic E-state index is -3.80. The number of hydrogen-bond donors (Lipinski definition) is 2. The normalized spacial score (nSPS) is 11.0. The number of benzene rings is 2. The van der Waals surface area contributed by atoms with Gasteiger partial charge in [0.05, 0.1) is 16.4 Å². The van der Waals surface area contributed by atoms with Crippen molar-refractivity contribution < 1.29 is 22.9 Å². The highest BCUT2D eigenvalue weighted by atomic mass is 32.2. The summed E-state index contributed by atoms with van der Waals surface area (Å²) in [5, 5.41) is 13.2. The SMILES string of the molecule is O=C(CCCOc1ccccc1)NCCNS(=O)(=O)c1ccc([N+](=O)[O-])cc1. The molecule has 0 fully saturated rings. The van der Waals surface area contributed by atoms with Crippen molar-refractivity contribution in [1.82, 2.24) is 10.0 Å². The summed E-state index contributed by atoms with van der Waals surface area (Å²) < 4.78 is 32.0. The molecule has 2 N–H and O–H groups in total. The maximum absolute atomic E-state index is 12.1. The number of nitrogens with one attached hydrogen (secondary N) is 2. The lowest BCUT2D eigenvalue weighted by molar-refractivity contribution is -0.384. The number of nitrogens with zero attached hydrogens (tertiary/aromatic N) is 1. The summed E-state index contributed by atoms with van der Waals surface area (Å²) in [7, 11) is -3.80. The van der Waals surface area contributed by atoms with Gasteiger partial charge in [-0.2, -0.15) is 0 Å². The molecule has 0 spiro atoms. The lowest BCUT2D eigenvalue weighted by Gasteiger charge is -2.09. The van der Waals surface area contributed by atoms with E-state index in [1.165, 1.54) is 0 Å². The van der Waals surface area contributed by atoms with Crippen LogP contribution in [-0.2, 0) is 14.8 Å². The molecule has 0 aliphatic carbocycles. The van der Waals surface area contributed by atoms with Crippen LogP contribution in [0.5, 0.6) is 5.75 Å². The van der Waals surface area contributed by atoms with Crippen LogP contribution in [0.1, 0.15) is 12.8 Å². The molecule has 9 nitrogen and oxygen atoms in total. The maximum atomic E-state index is 12.1. The van der Waals surface area contributed by atoms with Crippen molar-refractivity contribution in [1.29, 1.82) is 0 Å². The van der Waals surface area contributed by atoms with Gasteiger partial charge in [0.2, 0.25) is 15.9 Å². The Morgan fingerprint density at radius 2 is 1.71 bits per heavy atom. The van der Waals surface area contributed by atoms with Crippen LogP contribution in [0.25, 0.3) is 0 Å².